The van der Waals surface area contributed by atoms with Crippen molar-refractivity contribution in [3.8, 4) is 0 Å². The van der Waals surface area contributed by atoms with Crippen molar-refractivity contribution in [3.05, 3.63) is 44.0 Å². The van der Waals surface area contributed by atoms with Crippen molar-refractivity contribution in [2.75, 3.05) is 6.61 Å². The van der Waals surface area contributed by atoms with E-state index in [0.717, 1.165) is 10.6 Å². The largest absolute Gasteiger partial charge is 0.469 e. The Morgan fingerprint density at radius 2 is 2.18 bits per heavy atom. The highest BCUT2D eigenvalue weighted by molar-refractivity contribution is 7.46. The molecule has 2 aromatic rings. The maximum atomic E-state index is 11.8. The number of thiazole rings is 1. The lowest BCUT2D eigenvalue weighted by molar-refractivity contribution is -0.689. The number of H-pyrrole nitrogens is 1. The van der Waals surface area contributed by atoms with Gasteiger partial charge in [0.2, 0.25) is 5.51 Å². The normalized spacial score (nSPS) is 11.8. The molecule has 0 saturated carbocycles. The summed E-state index contributed by atoms with van der Waals surface area (Å²) < 4.78 is 17.0. The summed E-state index contributed by atoms with van der Waals surface area (Å²) in [4.78, 5) is 36.8. The molecule has 2 heterocycles. The third kappa shape index (κ3) is 4.56. The third-order valence-corrected chi connectivity index (χ3v) is 4.75. The highest BCUT2D eigenvalue weighted by Crippen LogP contribution is 2.35. The number of hydrogen-bond donors (Lipinski definition) is 3. The summed E-state index contributed by atoms with van der Waals surface area (Å²) in [5.41, 5.74) is 3.17. The van der Waals surface area contributed by atoms with Gasteiger partial charge in [-0.25, -0.2) is 9.55 Å². The monoisotopic (exact) mass is 346 g/mol. The fourth-order valence-corrected chi connectivity index (χ4v) is 3.22. The van der Waals surface area contributed by atoms with Crippen LogP contribution < -0.4 is 10.1 Å². The standard InChI is InChI=1S/C12H16N3O5PS/c1-8-11(3-4-20-21(17,18)19)22-7-15(8)6-10-5-13-9(2)14-12(10)16/h5,7H,3-4,6H2,1-2H3,(H2-,13,14,16,17,18,19)/p+1. The van der Waals surface area contributed by atoms with Crippen LogP contribution in [0.3, 0.4) is 0 Å². The SMILES string of the molecule is Cc1ncc(C[n+]2csc(CCOP(=O)(O)O)c2C)c(=O)[nH]1. The molecule has 0 amide bonds. The topological polar surface area (TPSA) is 116 Å². The quantitative estimate of drug-likeness (QED) is 0.516. The van der Waals surface area contributed by atoms with Crippen molar-refractivity contribution in [1.29, 1.82) is 0 Å². The van der Waals surface area contributed by atoms with Crippen LogP contribution in [-0.4, -0.2) is 26.4 Å². The second-order valence-electron chi connectivity index (χ2n) is 4.76. The van der Waals surface area contributed by atoms with Gasteiger partial charge in [-0.1, -0.05) is 11.3 Å². The van der Waals surface area contributed by atoms with E-state index >= 15 is 0 Å². The van der Waals surface area contributed by atoms with Crippen molar-refractivity contribution in [2.45, 2.75) is 26.8 Å². The molecule has 10 heteroatoms. The highest BCUT2D eigenvalue weighted by atomic mass is 32.1. The minimum Gasteiger partial charge on any atom is -0.310 e. The molecule has 120 valence electrons. The van der Waals surface area contributed by atoms with Crippen molar-refractivity contribution < 1.29 is 23.4 Å². The van der Waals surface area contributed by atoms with Gasteiger partial charge < -0.3 is 14.8 Å². The first-order valence-electron chi connectivity index (χ1n) is 6.47. The summed E-state index contributed by atoms with van der Waals surface area (Å²) in [6.45, 7) is 3.94. The first kappa shape index (κ1) is 17.0. The zero-order chi connectivity index (χ0) is 16.3. The number of nitrogens with zero attached hydrogens (tertiary/aromatic N) is 2. The van der Waals surface area contributed by atoms with Gasteiger partial charge in [-0.05, 0) is 6.92 Å². The fraction of sp³-hybridized carbons (Fsp3) is 0.417. The van der Waals surface area contributed by atoms with E-state index < -0.39 is 7.82 Å². The molecular weight excluding hydrogens is 329 g/mol. The molecule has 0 aliphatic heterocycles. The molecule has 0 fully saturated rings. The lowest BCUT2D eigenvalue weighted by atomic mass is 10.3. The van der Waals surface area contributed by atoms with Crippen LogP contribution in [-0.2, 0) is 22.1 Å². The Balaban J connectivity index is 2.07. The molecule has 22 heavy (non-hydrogen) atoms. The van der Waals surface area contributed by atoms with Crippen LogP contribution in [0.1, 0.15) is 22.0 Å². The predicted molar refractivity (Wildman–Crippen MR) is 79.6 cm³/mol. The van der Waals surface area contributed by atoms with Crippen LogP contribution in [0.2, 0.25) is 0 Å². The zero-order valence-corrected chi connectivity index (χ0v) is 13.9. The Bertz CT molecular complexity index is 766. The number of aromatic nitrogens is 3. The van der Waals surface area contributed by atoms with E-state index in [9.17, 15) is 9.36 Å². The van der Waals surface area contributed by atoms with Gasteiger partial charge in [-0.3, -0.25) is 9.32 Å². The molecule has 0 bridgehead atoms. The van der Waals surface area contributed by atoms with Crippen molar-refractivity contribution >= 4 is 19.2 Å². The number of phosphoric acid groups is 1. The maximum Gasteiger partial charge on any atom is 0.469 e. The van der Waals surface area contributed by atoms with E-state index in [0.29, 0.717) is 24.4 Å². The lowest BCUT2D eigenvalue weighted by Gasteiger charge is -2.03. The van der Waals surface area contributed by atoms with Gasteiger partial charge in [0.15, 0.2) is 12.2 Å². The molecule has 8 nitrogen and oxygen atoms in total. The Kier molecular flexibility index (Phi) is 5.25. The lowest BCUT2D eigenvalue weighted by Crippen LogP contribution is -2.37. The molecule has 2 aromatic heterocycles. The summed E-state index contributed by atoms with van der Waals surface area (Å²) >= 11 is 1.45. The molecule has 0 radical (unpaired) electrons. The van der Waals surface area contributed by atoms with E-state index in [1.807, 2.05) is 17.0 Å². The molecule has 0 aliphatic carbocycles. The van der Waals surface area contributed by atoms with Crippen LogP contribution >= 0.6 is 19.2 Å². The van der Waals surface area contributed by atoms with Crippen LogP contribution in [0.15, 0.2) is 16.5 Å². The second-order valence-corrected chi connectivity index (χ2v) is 6.94. The summed E-state index contributed by atoms with van der Waals surface area (Å²) in [5, 5.41) is 0. The maximum absolute atomic E-state index is 11.8. The smallest absolute Gasteiger partial charge is 0.310 e. The van der Waals surface area contributed by atoms with Crippen LogP contribution in [0, 0.1) is 13.8 Å². The third-order valence-electron chi connectivity index (χ3n) is 3.09. The molecule has 0 aromatic carbocycles. The van der Waals surface area contributed by atoms with Gasteiger partial charge in [-0.2, -0.15) is 4.57 Å². The van der Waals surface area contributed by atoms with Gasteiger partial charge in [0.25, 0.3) is 5.56 Å². The predicted octanol–water partition coefficient (Wildman–Crippen LogP) is 0.436. The molecule has 0 spiro atoms. The molecule has 3 N–H and O–H groups in total. The number of hydrogen-bond acceptors (Lipinski definition) is 5. The van der Waals surface area contributed by atoms with Gasteiger partial charge in [0.05, 0.1) is 11.5 Å². The molecule has 0 saturated heterocycles. The average molecular weight is 346 g/mol. The number of aryl methyl sites for hydroxylation is 1. The fourth-order valence-electron chi connectivity index (χ4n) is 1.91. The summed E-state index contributed by atoms with van der Waals surface area (Å²) in [5.74, 6) is 0.566. The highest BCUT2D eigenvalue weighted by Gasteiger charge is 2.19. The minimum absolute atomic E-state index is 0.0572. The van der Waals surface area contributed by atoms with Crippen LogP contribution in [0.25, 0.3) is 0 Å². The molecular formula is C12H17N3O5PS+. The van der Waals surface area contributed by atoms with Gasteiger partial charge >= 0.3 is 7.82 Å². The Morgan fingerprint density at radius 3 is 2.82 bits per heavy atom. The van der Waals surface area contributed by atoms with Gasteiger partial charge in [0.1, 0.15) is 11.4 Å². The summed E-state index contributed by atoms with van der Waals surface area (Å²) in [7, 11) is -4.43. The molecule has 0 atom stereocenters. The minimum atomic E-state index is -4.43. The summed E-state index contributed by atoms with van der Waals surface area (Å²) in [6.07, 6.45) is 1.95. The Morgan fingerprint density at radius 1 is 1.45 bits per heavy atom. The molecule has 0 aliphatic rings. The first-order chi connectivity index (χ1) is 10.3. The number of rotatable bonds is 6. The first-order valence-corrected chi connectivity index (χ1v) is 8.88. The average Bonchev–Trinajstić information content (AvgIpc) is 2.73. The van der Waals surface area contributed by atoms with Gasteiger partial charge in [-0.15, -0.1) is 0 Å². The van der Waals surface area contributed by atoms with Crippen molar-refractivity contribution in [1.82, 2.24) is 9.97 Å². The van der Waals surface area contributed by atoms with E-state index in [1.165, 1.54) is 11.3 Å². The number of nitrogens with one attached hydrogen (secondary N) is 1. The van der Waals surface area contributed by atoms with Crippen molar-refractivity contribution in [2.24, 2.45) is 0 Å². The van der Waals surface area contributed by atoms with Gasteiger partial charge in [0, 0.05) is 19.5 Å². The zero-order valence-electron chi connectivity index (χ0n) is 12.1. The van der Waals surface area contributed by atoms with Crippen LogP contribution in [0.5, 0.6) is 0 Å². The van der Waals surface area contributed by atoms with E-state index in [-0.39, 0.29) is 12.2 Å². The van der Waals surface area contributed by atoms with Crippen molar-refractivity contribution in [3.63, 3.8) is 0 Å². The van der Waals surface area contributed by atoms with E-state index in [1.54, 1.807) is 13.1 Å². The molecule has 0 unspecified atom stereocenters. The number of phosphoric ester groups is 1. The Hall–Kier alpha value is -1.38. The number of aromatic amines is 1. The van der Waals surface area contributed by atoms with Crippen LogP contribution in [0.4, 0.5) is 0 Å². The van der Waals surface area contributed by atoms with E-state index in [4.69, 9.17) is 9.79 Å². The summed E-state index contributed by atoms with van der Waals surface area (Å²) in [6, 6.07) is 0. The van der Waals surface area contributed by atoms with E-state index in [2.05, 4.69) is 14.5 Å². The second kappa shape index (κ2) is 6.80. The molecule has 2 rings (SSSR count). The Labute approximate surface area is 130 Å².